The third kappa shape index (κ3) is 5.58. The van der Waals surface area contributed by atoms with Gasteiger partial charge in [0.25, 0.3) is 16.1 Å². The Bertz CT molecular complexity index is 1040. The molecule has 3 atom stereocenters. The minimum atomic E-state index is -4.20. The molecular formula is C23H34F3N5O4S. The first-order chi connectivity index (χ1) is 17.0. The Morgan fingerprint density at radius 1 is 1.14 bits per heavy atom. The molecule has 36 heavy (non-hydrogen) atoms. The van der Waals surface area contributed by atoms with Crippen molar-refractivity contribution in [2.75, 3.05) is 26.7 Å². The predicted molar refractivity (Wildman–Crippen MR) is 124 cm³/mol. The van der Waals surface area contributed by atoms with Crippen LogP contribution in [-0.4, -0.2) is 90.0 Å². The zero-order valence-electron chi connectivity index (χ0n) is 20.4. The third-order valence-corrected chi connectivity index (χ3v) is 10.3. The highest BCUT2D eigenvalue weighted by molar-refractivity contribution is 7.86. The number of nitrogens with zero attached hydrogens (tertiary/aromatic N) is 4. The molecule has 0 radical (unpaired) electrons. The number of amides is 1. The highest BCUT2D eigenvalue weighted by Crippen LogP contribution is 2.41. The number of piperidine rings is 2. The number of fused-ring (bicyclic) bond motifs is 2. The molecule has 1 unspecified atom stereocenters. The van der Waals surface area contributed by atoms with Gasteiger partial charge in [0.05, 0.1) is 6.42 Å². The van der Waals surface area contributed by atoms with Crippen molar-refractivity contribution >= 4 is 16.1 Å². The molecule has 1 N–H and O–H groups in total. The van der Waals surface area contributed by atoms with Crippen LogP contribution in [0.2, 0.25) is 0 Å². The fourth-order valence-corrected chi connectivity index (χ4v) is 8.05. The largest absolute Gasteiger partial charge is 0.390 e. The van der Waals surface area contributed by atoms with E-state index in [1.54, 1.807) is 22.3 Å². The van der Waals surface area contributed by atoms with Crippen LogP contribution in [0.25, 0.3) is 0 Å². The van der Waals surface area contributed by atoms with Crippen LogP contribution in [0.5, 0.6) is 0 Å². The molecule has 3 saturated heterocycles. The zero-order chi connectivity index (χ0) is 25.7. The average molecular weight is 534 g/mol. The van der Waals surface area contributed by atoms with Crippen LogP contribution >= 0.6 is 0 Å². The maximum Gasteiger partial charge on any atom is 0.390 e. The van der Waals surface area contributed by atoms with Crippen molar-refractivity contribution in [3.8, 4) is 0 Å². The van der Waals surface area contributed by atoms with Gasteiger partial charge >= 0.3 is 6.18 Å². The zero-order valence-corrected chi connectivity index (χ0v) is 21.2. The third-order valence-electron chi connectivity index (χ3n) is 8.13. The van der Waals surface area contributed by atoms with Gasteiger partial charge in [-0.05, 0) is 58.4 Å². The van der Waals surface area contributed by atoms with E-state index in [4.69, 9.17) is 4.52 Å². The molecule has 4 heterocycles. The van der Waals surface area contributed by atoms with Crippen LogP contribution < -0.4 is 5.32 Å². The van der Waals surface area contributed by atoms with Gasteiger partial charge in [-0.2, -0.15) is 30.2 Å². The highest BCUT2D eigenvalue weighted by atomic mass is 32.2. The first-order valence-electron chi connectivity index (χ1n) is 12.8. The van der Waals surface area contributed by atoms with Gasteiger partial charge in [0, 0.05) is 55.8 Å². The van der Waals surface area contributed by atoms with E-state index in [1.165, 1.54) is 4.31 Å². The van der Waals surface area contributed by atoms with Crippen LogP contribution in [0.4, 0.5) is 13.2 Å². The maximum atomic E-state index is 13.5. The van der Waals surface area contributed by atoms with E-state index in [1.807, 2.05) is 0 Å². The molecule has 1 amide bonds. The topological polar surface area (TPSA) is 99.0 Å². The molecule has 1 aliphatic carbocycles. The number of nitrogens with one attached hydrogen (secondary N) is 1. The van der Waals surface area contributed by atoms with Crippen LogP contribution in [0.3, 0.4) is 0 Å². The quantitative estimate of drug-likeness (QED) is 0.552. The lowest BCUT2D eigenvalue weighted by atomic mass is 9.99. The summed E-state index contributed by atoms with van der Waals surface area (Å²) in [4.78, 5) is 14.4. The van der Waals surface area contributed by atoms with Crippen LogP contribution in [0, 0.1) is 0 Å². The number of halogens is 3. The van der Waals surface area contributed by atoms with E-state index >= 15 is 0 Å². The normalized spacial score (nSPS) is 28.6. The molecule has 9 nitrogen and oxygen atoms in total. The molecule has 0 aromatic carbocycles. The number of rotatable bonds is 8. The molecule has 1 aromatic rings. The number of hydrogen-bond acceptors (Lipinski definition) is 6. The summed E-state index contributed by atoms with van der Waals surface area (Å²) in [5, 5.41) is 6.91. The van der Waals surface area contributed by atoms with E-state index in [-0.39, 0.29) is 42.3 Å². The lowest BCUT2D eigenvalue weighted by Gasteiger charge is -2.43. The van der Waals surface area contributed by atoms with Gasteiger partial charge in [-0.25, -0.2) is 0 Å². The van der Waals surface area contributed by atoms with Gasteiger partial charge in [-0.1, -0.05) is 5.16 Å². The van der Waals surface area contributed by atoms with Crippen molar-refractivity contribution in [1.82, 2.24) is 24.0 Å². The number of carbonyl (C=O) groups excluding carboxylic acids is 1. The molecule has 3 aliphatic heterocycles. The van der Waals surface area contributed by atoms with Crippen molar-refractivity contribution in [3.63, 3.8) is 0 Å². The molecule has 5 rings (SSSR count). The van der Waals surface area contributed by atoms with Gasteiger partial charge < -0.3 is 14.7 Å². The summed E-state index contributed by atoms with van der Waals surface area (Å²) >= 11 is 0. The molecule has 1 saturated carbocycles. The molecule has 4 aliphatic rings. The molecule has 4 fully saturated rings. The van der Waals surface area contributed by atoms with Gasteiger partial charge in [-0.15, -0.1) is 0 Å². The number of aromatic nitrogens is 1. The van der Waals surface area contributed by atoms with Crippen molar-refractivity contribution < 1.29 is 30.9 Å². The number of hydrogen-bond donors (Lipinski definition) is 1. The standard InChI is InChI=1S/C23H34F3N5O4S/c1-29(11-8-23(24,25)26)17-6-9-30(10-7-17)36(33,34)31-18-4-5-19(31)13-16(12-18)27-22(32)20-14-21(35-28-20)15-2-3-15/h14-19H,2-13H2,1H3,(H,27,32)/t16?,18-,19+. The second kappa shape index (κ2) is 9.88. The molecular weight excluding hydrogens is 499 g/mol. The van der Waals surface area contributed by atoms with E-state index in [9.17, 15) is 26.4 Å². The molecule has 0 spiro atoms. The van der Waals surface area contributed by atoms with Gasteiger partial charge in [-0.3, -0.25) is 4.79 Å². The minimum absolute atomic E-state index is 0.0616. The number of carbonyl (C=O) groups is 1. The maximum absolute atomic E-state index is 13.5. The molecule has 202 valence electrons. The fourth-order valence-electron chi connectivity index (χ4n) is 5.98. The van der Waals surface area contributed by atoms with Crippen molar-refractivity contribution in [3.05, 3.63) is 17.5 Å². The number of alkyl halides is 3. The minimum Gasteiger partial charge on any atom is -0.360 e. The smallest absolute Gasteiger partial charge is 0.360 e. The van der Waals surface area contributed by atoms with Crippen molar-refractivity contribution in [2.45, 2.75) is 94.0 Å². The van der Waals surface area contributed by atoms with Crippen LogP contribution in [0.15, 0.2) is 10.6 Å². The Balaban J connectivity index is 1.14. The van der Waals surface area contributed by atoms with Crippen LogP contribution in [-0.2, 0) is 10.2 Å². The summed E-state index contributed by atoms with van der Waals surface area (Å²) < 4.78 is 73.1. The SMILES string of the molecule is CN(CCC(F)(F)F)C1CCN(S(=O)(=O)N2[C@@H]3CC[C@H]2CC(NC(=O)c2cc(C4CC4)on2)C3)CC1. The second-order valence-corrected chi connectivity index (χ2v) is 12.6. The summed E-state index contributed by atoms with van der Waals surface area (Å²) in [5.74, 6) is 0.827. The summed E-state index contributed by atoms with van der Waals surface area (Å²) in [6.07, 6.45) is 0.666. The predicted octanol–water partition coefficient (Wildman–Crippen LogP) is 2.87. The Kier molecular flexibility index (Phi) is 7.12. The van der Waals surface area contributed by atoms with E-state index < -0.39 is 22.8 Å². The molecule has 2 bridgehead atoms. The van der Waals surface area contributed by atoms with Crippen molar-refractivity contribution in [1.29, 1.82) is 0 Å². The first kappa shape index (κ1) is 25.9. The second-order valence-electron chi connectivity index (χ2n) is 10.7. The van der Waals surface area contributed by atoms with Crippen LogP contribution in [0.1, 0.15) is 80.0 Å². The Labute approximate surface area is 209 Å². The van der Waals surface area contributed by atoms with Gasteiger partial charge in [0.2, 0.25) is 0 Å². The van der Waals surface area contributed by atoms with E-state index in [0.29, 0.717) is 44.7 Å². The summed E-state index contributed by atoms with van der Waals surface area (Å²) in [6.45, 7) is 0.518. The van der Waals surface area contributed by atoms with Crippen molar-refractivity contribution in [2.24, 2.45) is 0 Å². The first-order valence-corrected chi connectivity index (χ1v) is 14.2. The monoisotopic (exact) mass is 533 g/mol. The average Bonchev–Trinajstić information content (AvgIpc) is 3.48. The van der Waals surface area contributed by atoms with Gasteiger partial charge in [0.1, 0.15) is 5.76 Å². The van der Waals surface area contributed by atoms with E-state index in [2.05, 4.69) is 10.5 Å². The Morgan fingerprint density at radius 3 is 2.36 bits per heavy atom. The highest BCUT2D eigenvalue weighted by Gasteiger charge is 2.49. The summed E-state index contributed by atoms with van der Waals surface area (Å²) in [6, 6.07) is 1.16. The van der Waals surface area contributed by atoms with Gasteiger partial charge in [0.15, 0.2) is 5.69 Å². The summed E-state index contributed by atoms with van der Waals surface area (Å²) in [5.41, 5.74) is 0.266. The lowest BCUT2D eigenvalue weighted by Crippen LogP contribution is -2.57. The Hall–Kier alpha value is -1.70. The lowest BCUT2D eigenvalue weighted by molar-refractivity contribution is -0.138. The molecule has 13 heteroatoms. The fraction of sp³-hybridized carbons (Fsp3) is 0.826. The van der Waals surface area contributed by atoms with E-state index in [0.717, 1.165) is 31.4 Å². The summed E-state index contributed by atoms with van der Waals surface area (Å²) in [7, 11) is -2.01. The Morgan fingerprint density at radius 2 is 1.78 bits per heavy atom. The molecule has 1 aromatic heterocycles.